The van der Waals surface area contributed by atoms with Crippen molar-refractivity contribution in [1.29, 1.82) is 0 Å². The number of rotatable bonds is 5. The fourth-order valence-electron chi connectivity index (χ4n) is 4.20. The van der Waals surface area contributed by atoms with Crippen LogP contribution >= 0.6 is 0 Å². The van der Waals surface area contributed by atoms with Crippen molar-refractivity contribution in [3.8, 4) is 0 Å². The van der Waals surface area contributed by atoms with Crippen molar-refractivity contribution in [2.75, 3.05) is 20.1 Å². The third-order valence-electron chi connectivity index (χ3n) is 6.02. The zero-order valence-electron chi connectivity index (χ0n) is 15.9. The highest BCUT2D eigenvalue weighted by Crippen LogP contribution is 2.28. The van der Waals surface area contributed by atoms with E-state index < -0.39 is 10.0 Å². The van der Waals surface area contributed by atoms with Gasteiger partial charge in [0.2, 0.25) is 15.9 Å². The lowest BCUT2D eigenvalue weighted by atomic mass is 9.96. The Bertz CT molecular complexity index is 733. The van der Waals surface area contributed by atoms with Crippen molar-refractivity contribution in [2.45, 2.75) is 57.2 Å². The second-order valence-electron chi connectivity index (χ2n) is 7.74. The molecule has 5 nitrogen and oxygen atoms in total. The molecule has 2 aliphatic rings. The van der Waals surface area contributed by atoms with Gasteiger partial charge in [0.25, 0.3) is 0 Å². The van der Waals surface area contributed by atoms with Gasteiger partial charge in [0.15, 0.2) is 0 Å². The maximum absolute atomic E-state index is 12.8. The molecule has 144 valence electrons. The number of amides is 1. The molecule has 3 rings (SSSR count). The van der Waals surface area contributed by atoms with E-state index in [4.69, 9.17) is 0 Å². The second-order valence-corrected chi connectivity index (χ2v) is 9.71. The minimum Gasteiger partial charge on any atom is -0.343 e. The average Bonchev–Trinajstić information content (AvgIpc) is 3.17. The van der Waals surface area contributed by atoms with Crippen molar-refractivity contribution >= 4 is 15.9 Å². The van der Waals surface area contributed by atoms with Gasteiger partial charge in [0.1, 0.15) is 0 Å². The first kappa shape index (κ1) is 19.4. The summed E-state index contributed by atoms with van der Waals surface area (Å²) in [4.78, 5) is 14.7. The van der Waals surface area contributed by atoms with Crippen LogP contribution in [0.2, 0.25) is 0 Å². The van der Waals surface area contributed by atoms with E-state index in [2.05, 4.69) is 0 Å². The standard InChI is InChI=1S/C20H30N2O3S/c1-16-7-3-4-8-18(16)15-26(24,25)22-13-11-17(12-14-22)20(23)21(2)19-9-5-6-10-19/h3-4,7-8,17,19H,5-6,9-15H2,1-2H3. The van der Waals surface area contributed by atoms with Crippen LogP contribution in [-0.2, 0) is 20.6 Å². The molecular formula is C20H30N2O3S. The maximum atomic E-state index is 12.8. The van der Waals surface area contributed by atoms with E-state index in [-0.39, 0.29) is 17.6 Å². The molecule has 6 heteroatoms. The summed E-state index contributed by atoms with van der Waals surface area (Å²) in [5.74, 6) is 0.207. The first-order valence-corrected chi connectivity index (χ1v) is 11.3. The molecule has 1 heterocycles. The number of piperidine rings is 1. The highest BCUT2D eigenvalue weighted by molar-refractivity contribution is 7.88. The van der Waals surface area contributed by atoms with Crippen molar-refractivity contribution < 1.29 is 13.2 Å². The third kappa shape index (κ3) is 4.29. The van der Waals surface area contributed by atoms with Gasteiger partial charge in [-0.2, -0.15) is 0 Å². The van der Waals surface area contributed by atoms with Crippen LogP contribution in [0.5, 0.6) is 0 Å². The number of benzene rings is 1. The van der Waals surface area contributed by atoms with Gasteiger partial charge in [-0.05, 0) is 43.7 Å². The van der Waals surface area contributed by atoms with Gasteiger partial charge in [0, 0.05) is 32.1 Å². The van der Waals surface area contributed by atoms with Crippen molar-refractivity contribution in [2.24, 2.45) is 5.92 Å². The molecule has 1 aliphatic heterocycles. The van der Waals surface area contributed by atoms with Crippen LogP contribution in [0.1, 0.15) is 49.7 Å². The van der Waals surface area contributed by atoms with Crippen LogP contribution in [0.3, 0.4) is 0 Å². The largest absolute Gasteiger partial charge is 0.343 e. The molecule has 0 spiro atoms. The van der Waals surface area contributed by atoms with Crippen molar-refractivity contribution in [1.82, 2.24) is 9.21 Å². The molecule has 0 atom stereocenters. The van der Waals surface area contributed by atoms with Gasteiger partial charge >= 0.3 is 0 Å². The number of aryl methyl sites for hydroxylation is 1. The molecule has 1 aromatic rings. The monoisotopic (exact) mass is 378 g/mol. The first-order chi connectivity index (χ1) is 12.4. The lowest BCUT2D eigenvalue weighted by Crippen LogP contribution is -2.45. The molecule has 1 amide bonds. The summed E-state index contributed by atoms with van der Waals surface area (Å²) >= 11 is 0. The molecule has 0 aromatic heterocycles. The van der Waals surface area contributed by atoms with E-state index in [0.717, 1.165) is 24.0 Å². The number of carbonyl (C=O) groups excluding carboxylic acids is 1. The van der Waals surface area contributed by atoms with Crippen LogP contribution in [0, 0.1) is 12.8 Å². The SMILES string of the molecule is Cc1ccccc1CS(=O)(=O)N1CCC(C(=O)N(C)C2CCCC2)CC1. The fourth-order valence-corrected chi connectivity index (χ4v) is 5.87. The average molecular weight is 379 g/mol. The Morgan fingerprint density at radius 2 is 1.73 bits per heavy atom. The van der Waals surface area contributed by atoms with Crippen LogP contribution in [-0.4, -0.2) is 49.7 Å². The lowest BCUT2D eigenvalue weighted by molar-refractivity contribution is -0.137. The van der Waals surface area contributed by atoms with Gasteiger partial charge in [0.05, 0.1) is 5.75 Å². The Hall–Kier alpha value is -1.40. The van der Waals surface area contributed by atoms with E-state index in [0.29, 0.717) is 32.0 Å². The molecule has 1 saturated heterocycles. The highest BCUT2D eigenvalue weighted by Gasteiger charge is 2.34. The highest BCUT2D eigenvalue weighted by atomic mass is 32.2. The minimum atomic E-state index is -3.34. The molecule has 0 radical (unpaired) electrons. The van der Waals surface area contributed by atoms with Crippen LogP contribution in [0.15, 0.2) is 24.3 Å². The van der Waals surface area contributed by atoms with Gasteiger partial charge in [-0.1, -0.05) is 37.1 Å². The summed E-state index contributed by atoms with van der Waals surface area (Å²) in [5, 5.41) is 0. The Morgan fingerprint density at radius 1 is 1.12 bits per heavy atom. The van der Waals surface area contributed by atoms with E-state index >= 15 is 0 Å². The molecule has 26 heavy (non-hydrogen) atoms. The third-order valence-corrected chi connectivity index (χ3v) is 7.84. The zero-order chi connectivity index (χ0) is 18.7. The van der Waals surface area contributed by atoms with Crippen LogP contribution < -0.4 is 0 Å². The summed E-state index contributed by atoms with van der Waals surface area (Å²) in [6.45, 7) is 2.83. The summed E-state index contributed by atoms with van der Waals surface area (Å²) in [7, 11) is -1.42. The number of hydrogen-bond donors (Lipinski definition) is 0. The van der Waals surface area contributed by atoms with E-state index in [9.17, 15) is 13.2 Å². The first-order valence-electron chi connectivity index (χ1n) is 9.67. The quantitative estimate of drug-likeness (QED) is 0.791. The van der Waals surface area contributed by atoms with E-state index in [1.165, 1.54) is 12.8 Å². The number of sulfonamides is 1. The predicted octanol–water partition coefficient (Wildman–Crippen LogP) is 2.94. The molecule has 1 aliphatic carbocycles. The fraction of sp³-hybridized carbons (Fsp3) is 0.650. The summed E-state index contributed by atoms with van der Waals surface area (Å²) < 4.78 is 27.1. The topological polar surface area (TPSA) is 57.7 Å². The zero-order valence-corrected chi connectivity index (χ0v) is 16.7. The summed E-state index contributed by atoms with van der Waals surface area (Å²) in [6.07, 6.45) is 5.87. The molecule has 0 bridgehead atoms. The summed E-state index contributed by atoms with van der Waals surface area (Å²) in [6, 6.07) is 7.99. The normalized spacial score (nSPS) is 20.4. The van der Waals surface area contributed by atoms with Gasteiger partial charge in [-0.3, -0.25) is 4.79 Å². The van der Waals surface area contributed by atoms with Gasteiger partial charge in [-0.25, -0.2) is 12.7 Å². The summed E-state index contributed by atoms with van der Waals surface area (Å²) in [5.41, 5.74) is 1.85. The van der Waals surface area contributed by atoms with E-state index in [1.54, 1.807) is 4.31 Å². The molecule has 1 aromatic carbocycles. The van der Waals surface area contributed by atoms with Crippen LogP contribution in [0.25, 0.3) is 0 Å². The Kier molecular flexibility index (Phi) is 6.03. The van der Waals surface area contributed by atoms with E-state index in [1.807, 2.05) is 43.1 Å². The maximum Gasteiger partial charge on any atom is 0.225 e. The Labute approximate surface area is 157 Å². The lowest BCUT2D eigenvalue weighted by Gasteiger charge is -2.34. The van der Waals surface area contributed by atoms with Crippen molar-refractivity contribution in [3.63, 3.8) is 0 Å². The van der Waals surface area contributed by atoms with Crippen molar-refractivity contribution in [3.05, 3.63) is 35.4 Å². The molecule has 0 N–H and O–H groups in total. The molecule has 0 unspecified atom stereocenters. The molecule has 1 saturated carbocycles. The van der Waals surface area contributed by atoms with Gasteiger partial charge in [-0.15, -0.1) is 0 Å². The Morgan fingerprint density at radius 3 is 2.35 bits per heavy atom. The molecule has 2 fully saturated rings. The number of carbonyl (C=O) groups is 1. The smallest absolute Gasteiger partial charge is 0.225 e. The number of hydrogen-bond acceptors (Lipinski definition) is 3. The minimum absolute atomic E-state index is 0.0366. The van der Waals surface area contributed by atoms with Gasteiger partial charge < -0.3 is 4.90 Å². The molecular weight excluding hydrogens is 348 g/mol. The Balaban J connectivity index is 1.57. The van der Waals surface area contributed by atoms with Crippen LogP contribution in [0.4, 0.5) is 0 Å². The number of nitrogens with zero attached hydrogens (tertiary/aromatic N) is 2. The predicted molar refractivity (Wildman–Crippen MR) is 103 cm³/mol. The second kappa shape index (κ2) is 8.09.